The highest BCUT2D eigenvalue weighted by Crippen LogP contribution is 2.31. The van der Waals surface area contributed by atoms with Crippen molar-refractivity contribution in [3.05, 3.63) is 32.6 Å². The number of halogens is 4. The van der Waals surface area contributed by atoms with Crippen LogP contribution in [0.25, 0.3) is 0 Å². The van der Waals surface area contributed by atoms with E-state index in [0.717, 1.165) is 0 Å². The molecule has 3 N–H and O–H groups in total. The van der Waals surface area contributed by atoms with Crippen molar-refractivity contribution < 1.29 is 32.5 Å². The average molecular weight is 314 g/mol. The zero-order valence-electron chi connectivity index (χ0n) is 10.2. The van der Waals surface area contributed by atoms with Crippen LogP contribution >= 0.6 is 0 Å². The second kappa shape index (κ2) is 5.24. The van der Waals surface area contributed by atoms with E-state index in [0.29, 0.717) is 0 Å². The molecule has 1 aromatic rings. The number of nitrogens with one attached hydrogen (secondary N) is 1. The number of aliphatic hydroxyl groups is 2. The molecule has 2 rings (SSSR count). The summed E-state index contributed by atoms with van der Waals surface area (Å²) in [6, 6.07) is 0. The van der Waals surface area contributed by atoms with Gasteiger partial charge in [-0.25, -0.2) is 9.18 Å². The van der Waals surface area contributed by atoms with Crippen molar-refractivity contribution in [2.24, 2.45) is 0 Å². The van der Waals surface area contributed by atoms with E-state index in [2.05, 4.69) is 0 Å². The van der Waals surface area contributed by atoms with Crippen molar-refractivity contribution in [2.45, 2.75) is 30.8 Å². The van der Waals surface area contributed by atoms with Crippen LogP contribution < -0.4 is 11.2 Å². The Morgan fingerprint density at radius 3 is 2.48 bits per heavy atom. The van der Waals surface area contributed by atoms with E-state index >= 15 is 0 Å². The summed E-state index contributed by atoms with van der Waals surface area (Å²) in [6.45, 7) is -0.834. The standard InChI is InChI=1S/C10H10F4N2O5/c11-5-4(2-17)21-8(6(5)18)16-1-3(10(12,13)14)7(19)15-9(16)20/h1,4-6,8,17-18H,2H2,(H,15,19,20). The fraction of sp³-hybridized carbons (Fsp3) is 0.600. The van der Waals surface area contributed by atoms with E-state index in [1.165, 1.54) is 4.98 Å². The Bertz CT molecular complexity index is 640. The van der Waals surface area contributed by atoms with Gasteiger partial charge in [-0.05, 0) is 0 Å². The van der Waals surface area contributed by atoms with E-state index in [9.17, 15) is 32.3 Å². The molecule has 118 valence electrons. The van der Waals surface area contributed by atoms with Gasteiger partial charge in [0.1, 0.15) is 17.8 Å². The maximum atomic E-state index is 13.5. The van der Waals surface area contributed by atoms with Gasteiger partial charge in [-0.1, -0.05) is 0 Å². The first kappa shape index (κ1) is 15.7. The Kier molecular flexibility index (Phi) is 3.91. The first-order chi connectivity index (χ1) is 9.66. The lowest BCUT2D eigenvalue weighted by molar-refractivity contribution is -0.140. The molecule has 0 spiro atoms. The molecule has 0 aromatic carbocycles. The van der Waals surface area contributed by atoms with Crippen LogP contribution in [0, 0.1) is 0 Å². The Balaban J connectivity index is 2.50. The number of hydrogen-bond donors (Lipinski definition) is 3. The Hall–Kier alpha value is -1.72. The molecule has 4 atom stereocenters. The summed E-state index contributed by atoms with van der Waals surface area (Å²) in [5.74, 6) is 0. The molecule has 1 aliphatic heterocycles. The number of aromatic nitrogens is 2. The highest BCUT2D eigenvalue weighted by atomic mass is 19.4. The number of ether oxygens (including phenoxy) is 1. The molecule has 0 saturated carbocycles. The molecule has 0 aliphatic carbocycles. The van der Waals surface area contributed by atoms with Gasteiger partial charge in [0.15, 0.2) is 12.4 Å². The molecule has 1 aromatic heterocycles. The van der Waals surface area contributed by atoms with Crippen LogP contribution in [0.2, 0.25) is 0 Å². The zero-order valence-corrected chi connectivity index (χ0v) is 10.2. The van der Waals surface area contributed by atoms with Gasteiger partial charge in [0.25, 0.3) is 5.56 Å². The maximum absolute atomic E-state index is 13.5. The first-order valence-corrected chi connectivity index (χ1v) is 5.68. The molecule has 7 nitrogen and oxygen atoms in total. The summed E-state index contributed by atoms with van der Waals surface area (Å²) >= 11 is 0. The lowest BCUT2D eigenvalue weighted by Crippen LogP contribution is -2.39. The van der Waals surface area contributed by atoms with Crippen LogP contribution in [-0.4, -0.2) is 44.8 Å². The van der Waals surface area contributed by atoms with Crippen molar-refractivity contribution in [3.8, 4) is 0 Å². The van der Waals surface area contributed by atoms with Crippen LogP contribution in [0.3, 0.4) is 0 Å². The van der Waals surface area contributed by atoms with E-state index in [1.807, 2.05) is 0 Å². The van der Waals surface area contributed by atoms with E-state index in [1.54, 1.807) is 0 Å². The van der Waals surface area contributed by atoms with E-state index < -0.39 is 54.2 Å². The van der Waals surface area contributed by atoms with Crippen LogP contribution in [-0.2, 0) is 10.9 Å². The van der Waals surface area contributed by atoms with Crippen molar-refractivity contribution >= 4 is 0 Å². The normalized spacial score (nSPS) is 29.8. The van der Waals surface area contributed by atoms with Gasteiger partial charge in [-0.15, -0.1) is 0 Å². The average Bonchev–Trinajstić information content (AvgIpc) is 2.65. The molecule has 1 aliphatic rings. The summed E-state index contributed by atoms with van der Waals surface area (Å²) in [5.41, 5.74) is -4.66. The van der Waals surface area contributed by atoms with Crippen molar-refractivity contribution in [1.29, 1.82) is 0 Å². The number of nitrogens with zero attached hydrogens (tertiary/aromatic N) is 1. The molecule has 0 bridgehead atoms. The van der Waals surface area contributed by atoms with Gasteiger partial charge in [0.2, 0.25) is 0 Å². The van der Waals surface area contributed by atoms with Crippen molar-refractivity contribution in [1.82, 2.24) is 9.55 Å². The minimum Gasteiger partial charge on any atom is -0.394 e. The predicted octanol–water partition coefficient (Wildman–Crippen LogP) is -0.856. The number of H-pyrrole nitrogens is 1. The Labute approximate surface area is 113 Å². The molecule has 11 heteroatoms. The molecule has 0 radical (unpaired) electrons. The number of aliphatic hydroxyl groups excluding tert-OH is 2. The van der Waals surface area contributed by atoms with Crippen molar-refractivity contribution in [2.75, 3.05) is 6.61 Å². The largest absolute Gasteiger partial charge is 0.423 e. The highest BCUT2D eigenvalue weighted by molar-refractivity contribution is 5.10. The molecular weight excluding hydrogens is 304 g/mol. The SMILES string of the molecule is O=c1[nH]c(=O)n(C2OC(CO)C(F)C2O)cc1C(F)(F)F. The van der Waals surface area contributed by atoms with Crippen LogP contribution in [0.4, 0.5) is 17.6 Å². The lowest BCUT2D eigenvalue weighted by Gasteiger charge is -2.18. The summed E-state index contributed by atoms with van der Waals surface area (Å²) in [4.78, 5) is 24.0. The van der Waals surface area contributed by atoms with E-state index in [-0.39, 0.29) is 10.8 Å². The third-order valence-corrected chi connectivity index (χ3v) is 3.02. The molecule has 2 heterocycles. The number of alkyl halides is 4. The summed E-state index contributed by atoms with van der Waals surface area (Å²) in [7, 11) is 0. The summed E-state index contributed by atoms with van der Waals surface area (Å²) in [5, 5.41) is 18.4. The third kappa shape index (κ3) is 2.71. The van der Waals surface area contributed by atoms with Gasteiger partial charge in [-0.2, -0.15) is 13.2 Å². The van der Waals surface area contributed by atoms with Gasteiger partial charge in [0.05, 0.1) is 6.61 Å². The molecule has 1 fully saturated rings. The highest BCUT2D eigenvalue weighted by Gasteiger charge is 2.46. The van der Waals surface area contributed by atoms with Crippen molar-refractivity contribution in [3.63, 3.8) is 0 Å². The lowest BCUT2D eigenvalue weighted by atomic mass is 10.1. The van der Waals surface area contributed by atoms with Crippen LogP contribution in [0.5, 0.6) is 0 Å². The van der Waals surface area contributed by atoms with Gasteiger partial charge in [0, 0.05) is 6.20 Å². The van der Waals surface area contributed by atoms with E-state index in [4.69, 9.17) is 9.84 Å². The third-order valence-electron chi connectivity index (χ3n) is 3.02. The molecule has 21 heavy (non-hydrogen) atoms. The summed E-state index contributed by atoms with van der Waals surface area (Å²) in [6.07, 6.45) is -12.2. The maximum Gasteiger partial charge on any atom is 0.423 e. The fourth-order valence-corrected chi connectivity index (χ4v) is 1.96. The van der Waals surface area contributed by atoms with Gasteiger partial charge < -0.3 is 14.9 Å². The number of aromatic amines is 1. The molecule has 4 unspecified atom stereocenters. The first-order valence-electron chi connectivity index (χ1n) is 5.68. The Morgan fingerprint density at radius 2 is 2.00 bits per heavy atom. The van der Waals surface area contributed by atoms with Gasteiger partial charge in [-0.3, -0.25) is 14.3 Å². The smallest absolute Gasteiger partial charge is 0.394 e. The topological polar surface area (TPSA) is 105 Å². The Morgan fingerprint density at radius 1 is 1.38 bits per heavy atom. The van der Waals surface area contributed by atoms with Crippen LogP contribution in [0.1, 0.15) is 11.8 Å². The predicted molar refractivity (Wildman–Crippen MR) is 58.2 cm³/mol. The minimum absolute atomic E-state index is 0.140. The minimum atomic E-state index is -5.04. The molecule has 1 saturated heterocycles. The molecule has 0 amide bonds. The zero-order chi connectivity index (χ0) is 15.9. The number of rotatable bonds is 2. The second-order valence-corrected chi connectivity index (χ2v) is 4.39. The second-order valence-electron chi connectivity index (χ2n) is 4.39. The van der Waals surface area contributed by atoms with Gasteiger partial charge >= 0.3 is 11.9 Å². The fourth-order valence-electron chi connectivity index (χ4n) is 1.96. The van der Waals surface area contributed by atoms with Crippen LogP contribution in [0.15, 0.2) is 15.8 Å². The summed E-state index contributed by atoms with van der Waals surface area (Å²) < 4.78 is 56.4. The number of hydrogen-bond acceptors (Lipinski definition) is 5. The monoisotopic (exact) mass is 314 g/mol. The molecular formula is C10H10F4N2O5. The quantitative estimate of drug-likeness (QED) is 0.617.